The van der Waals surface area contributed by atoms with E-state index in [2.05, 4.69) is 20.9 Å². The Morgan fingerprint density at radius 3 is 2.69 bits per heavy atom. The first-order valence-electron chi connectivity index (χ1n) is 16.0. The van der Waals surface area contributed by atoms with Gasteiger partial charge in [-0.3, -0.25) is 14.3 Å². The highest BCUT2D eigenvalue weighted by Gasteiger charge is 2.66. The van der Waals surface area contributed by atoms with E-state index in [9.17, 15) is 19.5 Å². The second-order valence-electron chi connectivity index (χ2n) is 13.2. The summed E-state index contributed by atoms with van der Waals surface area (Å²) < 4.78 is 8.63. The van der Waals surface area contributed by atoms with Gasteiger partial charge in [0.05, 0.1) is 29.9 Å². The summed E-state index contributed by atoms with van der Waals surface area (Å²) in [5.41, 5.74) is 2.66. The third-order valence-electron chi connectivity index (χ3n) is 9.72. The SMILES string of the molecule is C[C@H]1[C@H]([Si](C)(C)O)[C@@H](CCn2cc(CCO)nn2)O[C@]12C(=O)N(Cc1ccc(NC(=O)C3CCCNC3)cc1)c1ccccc12. The van der Waals surface area contributed by atoms with E-state index in [1.165, 1.54) is 0 Å². The molecule has 3 aromatic rings. The first-order chi connectivity index (χ1) is 21.6. The lowest BCUT2D eigenvalue weighted by atomic mass is 9.82. The van der Waals surface area contributed by atoms with Crippen LogP contribution in [-0.4, -0.2) is 70.8 Å². The average molecular weight is 633 g/mol. The molecule has 5 atom stereocenters. The van der Waals surface area contributed by atoms with Gasteiger partial charge in [0.1, 0.15) is 0 Å². The molecular weight excluding hydrogens is 588 g/mol. The number of carbonyl (C=O) groups excluding carboxylic acids is 2. The second kappa shape index (κ2) is 12.8. The maximum Gasteiger partial charge on any atom is 0.264 e. The van der Waals surface area contributed by atoms with E-state index in [1.807, 2.05) is 74.7 Å². The standard InChI is InChI=1S/C33H44N6O5Si/c1-22-30(45(2,3)43)29(14-17-38-21-26(15-18-40)36-37-38)44-33(22)27-8-4-5-9-28(27)39(32(33)42)20-23-10-12-25(13-11-23)35-31(41)24-7-6-16-34-19-24/h4-5,8-13,21-22,24,29-30,34,40,43H,6-7,14-20H2,1-3H3,(H,35,41)/t22-,24?,29+,30-,33+/m0/s1. The number of aliphatic hydroxyl groups excluding tert-OH is 1. The Morgan fingerprint density at radius 1 is 1.20 bits per heavy atom. The zero-order chi connectivity index (χ0) is 31.8. The van der Waals surface area contributed by atoms with Crippen molar-refractivity contribution in [3.63, 3.8) is 0 Å². The number of anilines is 2. The number of fused-ring (bicyclic) bond motifs is 2. The minimum atomic E-state index is -2.78. The predicted octanol–water partition coefficient (Wildman–Crippen LogP) is 3.19. The molecule has 1 unspecified atom stereocenters. The highest BCUT2D eigenvalue weighted by atomic mass is 28.4. The maximum absolute atomic E-state index is 14.6. The highest BCUT2D eigenvalue weighted by Crippen LogP contribution is 2.59. The van der Waals surface area contributed by atoms with E-state index in [4.69, 9.17) is 4.74 Å². The summed E-state index contributed by atoms with van der Waals surface area (Å²) in [6.45, 7) is 8.43. The first kappa shape index (κ1) is 31.6. The van der Waals surface area contributed by atoms with Crippen LogP contribution in [0.4, 0.5) is 11.4 Å². The van der Waals surface area contributed by atoms with E-state index in [-0.39, 0.29) is 41.9 Å². The fourth-order valence-electron chi connectivity index (χ4n) is 7.59. The molecule has 11 nitrogen and oxygen atoms in total. The van der Waals surface area contributed by atoms with Crippen molar-refractivity contribution >= 4 is 31.5 Å². The Bertz CT molecular complexity index is 1520. The molecule has 12 heteroatoms. The smallest absolute Gasteiger partial charge is 0.264 e. The topological polar surface area (TPSA) is 142 Å². The lowest BCUT2D eigenvalue weighted by Gasteiger charge is -2.32. The van der Waals surface area contributed by atoms with Crippen molar-refractivity contribution in [2.75, 3.05) is 29.9 Å². The van der Waals surface area contributed by atoms with Gasteiger partial charge in [0, 0.05) is 55.0 Å². The number of hydrogen-bond acceptors (Lipinski definition) is 8. The molecule has 0 bridgehead atoms. The Balaban J connectivity index is 1.22. The molecule has 0 aliphatic carbocycles. The van der Waals surface area contributed by atoms with E-state index in [0.717, 1.165) is 47.6 Å². The molecular formula is C33H44N6O5Si. The van der Waals surface area contributed by atoms with Crippen molar-refractivity contribution in [3.05, 3.63) is 71.5 Å². The molecule has 0 radical (unpaired) electrons. The fraction of sp³-hybridized carbons (Fsp3) is 0.515. The third-order valence-corrected chi connectivity index (χ3v) is 12.2. The Labute approximate surface area is 265 Å². The van der Waals surface area contributed by atoms with Crippen molar-refractivity contribution in [2.24, 2.45) is 11.8 Å². The van der Waals surface area contributed by atoms with Gasteiger partial charge < -0.3 is 30.2 Å². The number of ether oxygens (including phenoxy) is 1. The summed E-state index contributed by atoms with van der Waals surface area (Å²) in [5.74, 6) is -0.362. The van der Waals surface area contributed by atoms with Gasteiger partial charge in [-0.05, 0) is 62.7 Å². The summed E-state index contributed by atoms with van der Waals surface area (Å²) >= 11 is 0. The lowest BCUT2D eigenvalue weighted by molar-refractivity contribution is -0.146. The molecule has 2 aromatic carbocycles. The first-order valence-corrected chi connectivity index (χ1v) is 19.1. The Hall–Kier alpha value is -3.42. The number of piperidine rings is 1. The van der Waals surface area contributed by atoms with Crippen LogP contribution >= 0.6 is 0 Å². The molecule has 2 amide bonds. The van der Waals surface area contributed by atoms with Crippen molar-refractivity contribution in [3.8, 4) is 0 Å². The van der Waals surface area contributed by atoms with Crippen LogP contribution in [0.5, 0.6) is 0 Å². The van der Waals surface area contributed by atoms with Crippen LogP contribution in [0.2, 0.25) is 18.6 Å². The van der Waals surface area contributed by atoms with Gasteiger partial charge in [0.15, 0.2) is 13.9 Å². The van der Waals surface area contributed by atoms with Gasteiger partial charge in [0.2, 0.25) is 5.91 Å². The number of amides is 2. The van der Waals surface area contributed by atoms with Crippen molar-refractivity contribution in [1.82, 2.24) is 20.3 Å². The number of aromatic nitrogens is 3. The summed E-state index contributed by atoms with van der Waals surface area (Å²) in [4.78, 5) is 40.6. The van der Waals surface area contributed by atoms with Gasteiger partial charge in [-0.2, -0.15) is 0 Å². The van der Waals surface area contributed by atoms with Crippen molar-refractivity contribution in [1.29, 1.82) is 0 Å². The number of rotatable bonds is 10. The molecule has 1 aromatic heterocycles. The Kier molecular flexibility index (Phi) is 8.95. The number of nitrogens with zero attached hydrogens (tertiary/aromatic N) is 4. The number of carbonyl (C=O) groups is 2. The van der Waals surface area contributed by atoms with E-state index in [1.54, 1.807) is 9.58 Å². The number of hydrogen-bond donors (Lipinski definition) is 4. The van der Waals surface area contributed by atoms with Crippen molar-refractivity contribution in [2.45, 2.75) is 76.0 Å². The number of aliphatic hydroxyl groups is 1. The van der Waals surface area contributed by atoms with Crippen LogP contribution in [-0.2, 0) is 39.4 Å². The van der Waals surface area contributed by atoms with Gasteiger partial charge in [-0.25, -0.2) is 0 Å². The molecule has 3 aliphatic heterocycles. The minimum absolute atomic E-state index is 0.00784. The quantitative estimate of drug-likeness (QED) is 0.250. The minimum Gasteiger partial charge on any atom is -0.432 e. The fourth-order valence-corrected chi connectivity index (χ4v) is 10.2. The second-order valence-corrected chi connectivity index (χ2v) is 17.2. The zero-order valence-electron chi connectivity index (χ0n) is 26.3. The van der Waals surface area contributed by atoms with E-state index in [0.29, 0.717) is 32.5 Å². The third kappa shape index (κ3) is 6.09. The van der Waals surface area contributed by atoms with Crippen molar-refractivity contribution < 1.29 is 24.2 Å². The lowest BCUT2D eigenvalue weighted by Crippen LogP contribution is -2.46. The molecule has 0 saturated carbocycles. The summed E-state index contributed by atoms with van der Waals surface area (Å²) in [7, 11) is -2.78. The van der Waals surface area contributed by atoms with Crippen LogP contribution in [0.25, 0.3) is 0 Å². The number of aryl methyl sites for hydroxylation is 1. The van der Waals surface area contributed by atoms with Gasteiger partial charge in [-0.1, -0.05) is 42.5 Å². The van der Waals surface area contributed by atoms with Crippen LogP contribution in [0.15, 0.2) is 54.7 Å². The highest BCUT2D eigenvalue weighted by molar-refractivity contribution is 6.71. The molecule has 45 heavy (non-hydrogen) atoms. The van der Waals surface area contributed by atoms with Gasteiger partial charge in [-0.15, -0.1) is 5.10 Å². The van der Waals surface area contributed by atoms with Gasteiger partial charge in [0.25, 0.3) is 5.91 Å². The molecule has 2 saturated heterocycles. The van der Waals surface area contributed by atoms with Gasteiger partial charge >= 0.3 is 0 Å². The molecule has 240 valence electrons. The molecule has 4 N–H and O–H groups in total. The number of nitrogens with one attached hydrogen (secondary N) is 2. The molecule has 6 rings (SSSR count). The normalized spacial score (nSPS) is 26.4. The largest absolute Gasteiger partial charge is 0.432 e. The summed E-state index contributed by atoms with van der Waals surface area (Å²) in [6, 6.07) is 15.5. The summed E-state index contributed by atoms with van der Waals surface area (Å²) in [6.07, 6.45) is 4.36. The number of benzene rings is 2. The monoisotopic (exact) mass is 632 g/mol. The molecule has 4 heterocycles. The van der Waals surface area contributed by atoms with Crippen LogP contribution in [0.3, 0.4) is 0 Å². The van der Waals surface area contributed by atoms with Crippen LogP contribution in [0.1, 0.15) is 43.0 Å². The Morgan fingerprint density at radius 2 is 1.98 bits per heavy atom. The molecule has 1 spiro atoms. The maximum atomic E-state index is 14.6. The molecule has 2 fully saturated rings. The zero-order valence-corrected chi connectivity index (χ0v) is 27.3. The van der Waals surface area contributed by atoms with E-state index >= 15 is 0 Å². The number of para-hydroxylation sites is 1. The average Bonchev–Trinajstić information content (AvgIpc) is 3.67. The van der Waals surface area contributed by atoms with Crippen LogP contribution in [0, 0.1) is 11.8 Å². The van der Waals surface area contributed by atoms with Crippen LogP contribution < -0.4 is 15.5 Å². The molecule has 3 aliphatic rings. The predicted molar refractivity (Wildman–Crippen MR) is 173 cm³/mol. The van der Waals surface area contributed by atoms with E-state index < -0.39 is 13.9 Å². The summed E-state index contributed by atoms with van der Waals surface area (Å²) in [5, 5.41) is 23.9.